The van der Waals surface area contributed by atoms with Crippen molar-refractivity contribution in [1.82, 2.24) is 19.4 Å². The van der Waals surface area contributed by atoms with Crippen LogP contribution in [0.4, 0.5) is 0 Å². The second-order valence-corrected chi connectivity index (χ2v) is 7.54. The summed E-state index contributed by atoms with van der Waals surface area (Å²) >= 11 is 0. The van der Waals surface area contributed by atoms with Crippen LogP contribution in [0.3, 0.4) is 0 Å². The summed E-state index contributed by atoms with van der Waals surface area (Å²) in [7, 11) is 0. The van der Waals surface area contributed by atoms with Gasteiger partial charge in [0.25, 0.3) is 0 Å². The maximum Gasteiger partial charge on any atom is 0.160 e. The summed E-state index contributed by atoms with van der Waals surface area (Å²) in [5.74, 6) is 1.86. The first-order valence-electron chi connectivity index (χ1n) is 8.53. The predicted molar refractivity (Wildman–Crippen MR) is 91.1 cm³/mol. The highest BCUT2D eigenvalue weighted by molar-refractivity contribution is 5.71. The van der Waals surface area contributed by atoms with Crippen molar-refractivity contribution >= 4 is 11.2 Å². The molecule has 1 aliphatic heterocycles. The van der Waals surface area contributed by atoms with Gasteiger partial charge in [0.05, 0.1) is 0 Å². The number of likely N-dealkylation sites (tertiary alicyclic amines) is 1. The normalized spacial score (nSPS) is 20.6. The third-order valence-corrected chi connectivity index (χ3v) is 4.67. The number of hydrogen-bond acceptors (Lipinski definition) is 3. The summed E-state index contributed by atoms with van der Waals surface area (Å²) in [4.78, 5) is 12.0. The molecule has 0 saturated carbocycles. The zero-order valence-electron chi connectivity index (χ0n) is 14.3. The number of fused-ring (bicyclic) bond motifs is 1. The quantitative estimate of drug-likeness (QED) is 0.870. The zero-order chi connectivity index (χ0) is 15.7. The SMILES string of the molecule is CCN1CCCC(Cn2c(C(C)(C)C)nc3cccnc32)C1. The fraction of sp³-hybridized carbons (Fsp3) is 0.667. The van der Waals surface area contributed by atoms with Gasteiger partial charge in [-0.15, -0.1) is 0 Å². The predicted octanol–water partition coefficient (Wildman–Crippen LogP) is 3.46. The van der Waals surface area contributed by atoms with E-state index in [0.717, 1.165) is 30.1 Å². The fourth-order valence-electron chi connectivity index (χ4n) is 3.55. The van der Waals surface area contributed by atoms with Gasteiger partial charge in [0.1, 0.15) is 11.3 Å². The van der Waals surface area contributed by atoms with Crippen molar-refractivity contribution in [3.05, 3.63) is 24.2 Å². The maximum absolute atomic E-state index is 4.88. The Labute approximate surface area is 133 Å². The molecular weight excluding hydrogens is 272 g/mol. The molecule has 0 spiro atoms. The molecule has 22 heavy (non-hydrogen) atoms. The van der Waals surface area contributed by atoms with Crippen molar-refractivity contribution in [2.75, 3.05) is 19.6 Å². The maximum atomic E-state index is 4.88. The average Bonchev–Trinajstić information content (AvgIpc) is 2.87. The van der Waals surface area contributed by atoms with Crippen LogP contribution in [0.15, 0.2) is 18.3 Å². The Morgan fingerprint density at radius 1 is 1.32 bits per heavy atom. The minimum absolute atomic E-state index is 0.0415. The Morgan fingerprint density at radius 3 is 2.86 bits per heavy atom. The van der Waals surface area contributed by atoms with Gasteiger partial charge in [-0.05, 0) is 44.0 Å². The lowest BCUT2D eigenvalue weighted by Gasteiger charge is -2.33. The Hall–Kier alpha value is -1.42. The molecule has 120 valence electrons. The van der Waals surface area contributed by atoms with Gasteiger partial charge in [-0.2, -0.15) is 0 Å². The highest BCUT2D eigenvalue weighted by atomic mass is 15.2. The second kappa shape index (κ2) is 5.99. The van der Waals surface area contributed by atoms with E-state index in [1.807, 2.05) is 12.3 Å². The lowest BCUT2D eigenvalue weighted by atomic mass is 9.94. The molecule has 2 aromatic rings. The van der Waals surface area contributed by atoms with E-state index in [9.17, 15) is 0 Å². The van der Waals surface area contributed by atoms with Crippen molar-refractivity contribution < 1.29 is 0 Å². The van der Waals surface area contributed by atoms with Crippen molar-refractivity contribution in [3.63, 3.8) is 0 Å². The monoisotopic (exact) mass is 300 g/mol. The van der Waals surface area contributed by atoms with Gasteiger partial charge < -0.3 is 9.47 Å². The van der Waals surface area contributed by atoms with E-state index in [4.69, 9.17) is 4.98 Å². The summed E-state index contributed by atoms with van der Waals surface area (Å²) in [6, 6.07) is 4.05. The number of rotatable bonds is 3. The lowest BCUT2D eigenvalue weighted by Crippen LogP contribution is -2.37. The van der Waals surface area contributed by atoms with Gasteiger partial charge in [-0.1, -0.05) is 27.7 Å². The first kappa shape index (κ1) is 15.5. The molecule has 3 rings (SSSR count). The number of pyridine rings is 1. The number of piperidine rings is 1. The van der Waals surface area contributed by atoms with Crippen molar-refractivity contribution in [3.8, 4) is 0 Å². The Balaban J connectivity index is 1.94. The molecule has 0 aromatic carbocycles. The summed E-state index contributed by atoms with van der Waals surface area (Å²) in [5.41, 5.74) is 2.11. The minimum Gasteiger partial charge on any atom is -0.312 e. The van der Waals surface area contributed by atoms with E-state index in [-0.39, 0.29) is 5.41 Å². The van der Waals surface area contributed by atoms with E-state index < -0.39 is 0 Å². The van der Waals surface area contributed by atoms with E-state index in [2.05, 4.69) is 48.2 Å². The van der Waals surface area contributed by atoms with Gasteiger partial charge in [0, 0.05) is 24.7 Å². The van der Waals surface area contributed by atoms with Gasteiger partial charge >= 0.3 is 0 Å². The third kappa shape index (κ3) is 3.02. The Morgan fingerprint density at radius 2 is 2.14 bits per heavy atom. The topological polar surface area (TPSA) is 34.0 Å². The van der Waals surface area contributed by atoms with E-state index in [0.29, 0.717) is 5.92 Å². The Kier molecular flexibility index (Phi) is 4.22. The summed E-state index contributed by atoms with van der Waals surface area (Å²) in [6.45, 7) is 13.6. The fourth-order valence-corrected chi connectivity index (χ4v) is 3.55. The summed E-state index contributed by atoms with van der Waals surface area (Å²) in [6.07, 6.45) is 4.50. The van der Waals surface area contributed by atoms with Crippen LogP contribution in [0.2, 0.25) is 0 Å². The van der Waals surface area contributed by atoms with Gasteiger partial charge in [-0.25, -0.2) is 9.97 Å². The molecule has 0 amide bonds. The van der Waals surface area contributed by atoms with Gasteiger partial charge in [-0.3, -0.25) is 0 Å². The summed E-state index contributed by atoms with van der Waals surface area (Å²) < 4.78 is 2.37. The number of hydrogen-bond donors (Lipinski definition) is 0. The van der Waals surface area contributed by atoms with Crippen LogP contribution in [-0.4, -0.2) is 39.1 Å². The van der Waals surface area contributed by atoms with Crippen LogP contribution < -0.4 is 0 Å². The smallest absolute Gasteiger partial charge is 0.160 e. The van der Waals surface area contributed by atoms with Crippen LogP contribution in [0.5, 0.6) is 0 Å². The molecule has 1 saturated heterocycles. The first-order valence-corrected chi connectivity index (χ1v) is 8.53. The molecule has 4 nitrogen and oxygen atoms in total. The first-order chi connectivity index (χ1) is 10.5. The van der Waals surface area contributed by atoms with Gasteiger partial charge in [0.15, 0.2) is 5.65 Å². The molecule has 1 atom stereocenters. The van der Waals surface area contributed by atoms with E-state index >= 15 is 0 Å². The van der Waals surface area contributed by atoms with Crippen molar-refractivity contribution in [1.29, 1.82) is 0 Å². The Bertz CT molecular complexity index is 638. The molecule has 0 radical (unpaired) electrons. The van der Waals surface area contributed by atoms with Crippen LogP contribution >= 0.6 is 0 Å². The third-order valence-electron chi connectivity index (χ3n) is 4.67. The number of nitrogens with zero attached hydrogens (tertiary/aromatic N) is 4. The largest absolute Gasteiger partial charge is 0.312 e. The molecule has 2 aromatic heterocycles. The number of imidazole rings is 1. The number of aromatic nitrogens is 3. The van der Waals surface area contributed by atoms with E-state index in [1.54, 1.807) is 0 Å². The lowest BCUT2D eigenvalue weighted by molar-refractivity contribution is 0.169. The molecule has 1 fully saturated rings. The molecule has 0 bridgehead atoms. The molecule has 0 N–H and O–H groups in total. The van der Waals surface area contributed by atoms with Crippen LogP contribution in [-0.2, 0) is 12.0 Å². The van der Waals surface area contributed by atoms with Crippen molar-refractivity contribution in [2.45, 2.75) is 52.5 Å². The van der Waals surface area contributed by atoms with Crippen LogP contribution in [0.1, 0.15) is 46.4 Å². The van der Waals surface area contributed by atoms with Crippen LogP contribution in [0, 0.1) is 5.92 Å². The highest BCUT2D eigenvalue weighted by Gasteiger charge is 2.26. The molecule has 1 unspecified atom stereocenters. The highest BCUT2D eigenvalue weighted by Crippen LogP contribution is 2.28. The van der Waals surface area contributed by atoms with Gasteiger partial charge in [0.2, 0.25) is 0 Å². The molecule has 3 heterocycles. The molecule has 4 heteroatoms. The molecule has 0 aliphatic carbocycles. The molecule has 1 aliphatic rings. The molecular formula is C18H28N4. The standard InChI is InChI=1S/C18H28N4/c1-5-21-11-7-8-14(12-21)13-22-16-15(9-6-10-19-16)20-17(22)18(2,3)4/h6,9-10,14H,5,7-8,11-13H2,1-4H3. The van der Waals surface area contributed by atoms with E-state index in [1.165, 1.54) is 25.9 Å². The van der Waals surface area contributed by atoms with Crippen molar-refractivity contribution in [2.24, 2.45) is 5.92 Å². The average molecular weight is 300 g/mol. The zero-order valence-corrected chi connectivity index (χ0v) is 14.3. The second-order valence-electron chi connectivity index (χ2n) is 7.54. The minimum atomic E-state index is 0.0415. The summed E-state index contributed by atoms with van der Waals surface area (Å²) in [5, 5.41) is 0. The van der Waals surface area contributed by atoms with Crippen LogP contribution in [0.25, 0.3) is 11.2 Å².